The second kappa shape index (κ2) is 6.86. The zero-order chi connectivity index (χ0) is 18.1. The highest BCUT2D eigenvalue weighted by Gasteiger charge is 2.34. The lowest BCUT2D eigenvalue weighted by molar-refractivity contribution is 0.215. The van der Waals surface area contributed by atoms with E-state index in [1.165, 1.54) is 0 Å². The van der Waals surface area contributed by atoms with Crippen LogP contribution in [-0.4, -0.2) is 35.5 Å². The molecule has 1 fully saturated rings. The predicted octanol–water partition coefficient (Wildman–Crippen LogP) is 4.51. The van der Waals surface area contributed by atoms with Crippen molar-refractivity contribution in [1.82, 2.24) is 9.88 Å². The van der Waals surface area contributed by atoms with Crippen LogP contribution in [0.2, 0.25) is 0 Å². The molecule has 1 aromatic carbocycles. The summed E-state index contributed by atoms with van der Waals surface area (Å²) in [6.07, 6.45) is 2.97. The van der Waals surface area contributed by atoms with Crippen LogP contribution in [0.3, 0.4) is 0 Å². The number of hydrogen-bond donors (Lipinski definition) is 0. The van der Waals surface area contributed by atoms with Crippen LogP contribution in [0.5, 0.6) is 0 Å². The fourth-order valence-electron chi connectivity index (χ4n) is 3.83. The van der Waals surface area contributed by atoms with Crippen molar-refractivity contribution >= 4 is 17.3 Å². The number of fused-ring (bicyclic) bond motifs is 1. The molecule has 1 unspecified atom stereocenters. The second-order valence-corrected chi connectivity index (χ2v) is 6.66. The maximum Gasteiger partial charge on any atom is 0.324 e. The van der Waals surface area contributed by atoms with Crippen molar-refractivity contribution in [1.29, 1.82) is 0 Å². The fourth-order valence-corrected chi connectivity index (χ4v) is 3.83. The summed E-state index contributed by atoms with van der Waals surface area (Å²) in [7, 11) is 0. The molecule has 134 valence electrons. The van der Waals surface area contributed by atoms with Gasteiger partial charge in [0.1, 0.15) is 0 Å². The number of amides is 2. The standard InChI is InChI=1S/C20H19F2N3O/c21-19(22)17-8-11-25(18-6-2-1-5-16(17)18)20(26)24-10-7-15(13-24)14-4-3-9-23-12-14/h1-6,9,12,15H,7-8,10-11,13H2. The molecule has 0 aliphatic carbocycles. The Morgan fingerprint density at radius 3 is 2.73 bits per heavy atom. The third-order valence-electron chi connectivity index (χ3n) is 5.18. The lowest BCUT2D eigenvalue weighted by Gasteiger charge is -2.33. The van der Waals surface area contributed by atoms with E-state index >= 15 is 0 Å². The minimum absolute atomic E-state index is 0.0410. The number of rotatable bonds is 1. The largest absolute Gasteiger partial charge is 0.324 e. The summed E-state index contributed by atoms with van der Waals surface area (Å²) in [5.74, 6) is 0.270. The Morgan fingerprint density at radius 2 is 1.96 bits per heavy atom. The summed E-state index contributed by atoms with van der Waals surface area (Å²) in [5, 5.41) is 0. The average Bonchev–Trinajstić information content (AvgIpc) is 3.17. The van der Waals surface area contributed by atoms with Crippen LogP contribution < -0.4 is 4.90 Å². The highest BCUT2D eigenvalue weighted by atomic mass is 19.3. The van der Waals surface area contributed by atoms with E-state index in [2.05, 4.69) is 4.98 Å². The Labute approximate surface area is 150 Å². The van der Waals surface area contributed by atoms with Crippen LogP contribution in [0.15, 0.2) is 54.9 Å². The van der Waals surface area contributed by atoms with E-state index in [-0.39, 0.29) is 30.5 Å². The summed E-state index contributed by atoms with van der Waals surface area (Å²) in [6.45, 7) is 1.57. The topological polar surface area (TPSA) is 36.4 Å². The molecule has 0 bridgehead atoms. The van der Waals surface area contributed by atoms with Gasteiger partial charge in [-0.2, -0.15) is 8.78 Å². The highest BCUT2D eigenvalue weighted by Crippen LogP contribution is 2.38. The van der Waals surface area contributed by atoms with Crippen LogP contribution in [-0.2, 0) is 0 Å². The summed E-state index contributed by atoms with van der Waals surface area (Å²) < 4.78 is 26.5. The van der Waals surface area contributed by atoms with E-state index in [4.69, 9.17) is 0 Å². The summed E-state index contributed by atoms with van der Waals surface area (Å²) >= 11 is 0. The van der Waals surface area contributed by atoms with Gasteiger partial charge in [0, 0.05) is 49.1 Å². The minimum Gasteiger partial charge on any atom is -0.324 e. The quantitative estimate of drug-likeness (QED) is 0.755. The number of hydrogen-bond acceptors (Lipinski definition) is 2. The van der Waals surface area contributed by atoms with Gasteiger partial charge < -0.3 is 4.90 Å². The molecule has 26 heavy (non-hydrogen) atoms. The first-order valence-corrected chi connectivity index (χ1v) is 8.75. The summed E-state index contributed by atoms with van der Waals surface area (Å²) in [4.78, 5) is 20.6. The van der Waals surface area contributed by atoms with E-state index < -0.39 is 6.08 Å². The molecule has 0 radical (unpaired) electrons. The number of carbonyl (C=O) groups excluding carboxylic acids is 1. The van der Waals surface area contributed by atoms with Crippen LogP contribution >= 0.6 is 0 Å². The van der Waals surface area contributed by atoms with Crippen molar-refractivity contribution in [2.24, 2.45) is 0 Å². The zero-order valence-electron chi connectivity index (χ0n) is 14.2. The number of anilines is 1. The molecule has 1 aromatic heterocycles. The van der Waals surface area contributed by atoms with E-state index in [0.717, 1.165) is 12.0 Å². The first-order chi connectivity index (χ1) is 12.6. The number of likely N-dealkylation sites (tertiary alicyclic amines) is 1. The molecule has 2 amide bonds. The Hall–Kier alpha value is -2.76. The monoisotopic (exact) mass is 355 g/mol. The number of urea groups is 1. The maximum absolute atomic E-state index is 13.2. The normalized spacial score (nSPS) is 19.5. The lowest BCUT2D eigenvalue weighted by Crippen LogP contribution is -2.44. The molecule has 3 heterocycles. The fraction of sp³-hybridized carbons (Fsp3) is 0.300. The molecule has 6 heteroatoms. The predicted molar refractivity (Wildman–Crippen MR) is 96.1 cm³/mol. The van der Waals surface area contributed by atoms with E-state index in [1.807, 2.05) is 23.2 Å². The van der Waals surface area contributed by atoms with Gasteiger partial charge in [0.25, 0.3) is 6.08 Å². The van der Waals surface area contributed by atoms with Crippen LogP contribution in [0.1, 0.15) is 29.9 Å². The first-order valence-electron chi connectivity index (χ1n) is 8.75. The molecular weight excluding hydrogens is 336 g/mol. The van der Waals surface area contributed by atoms with Gasteiger partial charge in [0.05, 0.1) is 5.69 Å². The molecule has 4 rings (SSSR count). The number of aromatic nitrogens is 1. The van der Waals surface area contributed by atoms with Crippen LogP contribution in [0.25, 0.3) is 5.57 Å². The molecule has 0 N–H and O–H groups in total. The van der Waals surface area contributed by atoms with Crippen molar-refractivity contribution in [3.05, 3.63) is 66.0 Å². The molecular formula is C20H19F2N3O. The van der Waals surface area contributed by atoms with Crippen LogP contribution in [0.4, 0.5) is 19.3 Å². The number of carbonyl (C=O) groups is 1. The smallest absolute Gasteiger partial charge is 0.324 e. The van der Waals surface area contributed by atoms with Gasteiger partial charge in [0.2, 0.25) is 0 Å². The van der Waals surface area contributed by atoms with Crippen molar-refractivity contribution in [3.8, 4) is 0 Å². The van der Waals surface area contributed by atoms with Gasteiger partial charge in [-0.3, -0.25) is 9.88 Å². The third kappa shape index (κ3) is 2.96. The maximum atomic E-state index is 13.2. The Kier molecular flexibility index (Phi) is 4.41. The average molecular weight is 355 g/mol. The van der Waals surface area contributed by atoms with Gasteiger partial charge in [-0.15, -0.1) is 0 Å². The number of pyridine rings is 1. The second-order valence-electron chi connectivity index (χ2n) is 6.66. The van der Waals surface area contributed by atoms with E-state index in [1.54, 1.807) is 35.4 Å². The zero-order valence-corrected chi connectivity index (χ0v) is 14.2. The molecule has 0 saturated carbocycles. The highest BCUT2D eigenvalue weighted by molar-refractivity contribution is 5.97. The van der Waals surface area contributed by atoms with E-state index in [0.29, 0.717) is 24.3 Å². The molecule has 1 atom stereocenters. The summed E-state index contributed by atoms with van der Waals surface area (Å²) in [5.41, 5.74) is 2.19. The van der Waals surface area contributed by atoms with Crippen molar-refractivity contribution in [3.63, 3.8) is 0 Å². The number of benzene rings is 1. The number of para-hydroxylation sites is 1. The SMILES string of the molecule is O=C(N1CCC(c2cccnc2)C1)N1CCC(=C(F)F)c2ccccc21. The Balaban J connectivity index is 1.56. The van der Waals surface area contributed by atoms with Gasteiger partial charge in [-0.25, -0.2) is 4.79 Å². The molecule has 4 nitrogen and oxygen atoms in total. The van der Waals surface area contributed by atoms with Crippen molar-refractivity contribution in [2.45, 2.75) is 18.8 Å². The van der Waals surface area contributed by atoms with Crippen molar-refractivity contribution in [2.75, 3.05) is 24.5 Å². The molecule has 1 saturated heterocycles. The molecule has 2 aliphatic rings. The molecule has 2 aromatic rings. The lowest BCUT2D eigenvalue weighted by atomic mass is 9.97. The van der Waals surface area contributed by atoms with Gasteiger partial charge in [-0.1, -0.05) is 24.3 Å². The van der Waals surface area contributed by atoms with Gasteiger partial charge >= 0.3 is 6.03 Å². The van der Waals surface area contributed by atoms with Gasteiger partial charge in [0.15, 0.2) is 0 Å². The van der Waals surface area contributed by atoms with Gasteiger partial charge in [-0.05, 0) is 30.5 Å². The Bertz CT molecular complexity index is 849. The van der Waals surface area contributed by atoms with Crippen LogP contribution in [0, 0.1) is 0 Å². The van der Waals surface area contributed by atoms with E-state index in [9.17, 15) is 13.6 Å². The number of halogens is 2. The third-order valence-corrected chi connectivity index (χ3v) is 5.18. The van der Waals surface area contributed by atoms with Crippen molar-refractivity contribution < 1.29 is 13.6 Å². The molecule has 0 spiro atoms. The number of nitrogens with zero attached hydrogens (tertiary/aromatic N) is 3. The molecule has 2 aliphatic heterocycles. The minimum atomic E-state index is -1.66. The Morgan fingerprint density at radius 1 is 1.12 bits per heavy atom. The summed E-state index contributed by atoms with van der Waals surface area (Å²) in [6, 6.07) is 10.7. The first kappa shape index (κ1) is 16.7.